The highest BCUT2D eigenvalue weighted by molar-refractivity contribution is 5.80. The fourth-order valence-electron chi connectivity index (χ4n) is 8.37. The molecule has 386 valence electrons. The largest absolute Gasteiger partial charge is 0.462 e. The van der Waals surface area contributed by atoms with Gasteiger partial charge in [0, 0.05) is 43.6 Å². The van der Waals surface area contributed by atoms with Gasteiger partial charge in [0.25, 0.3) is 0 Å². The Morgan fingerprint density at radius 1 is 0.691 bits per heavy atom. The number of carbonyl (C=O) groups excluding carboxylic acids is 2. The molecular weight excluding hydrogens is 885 g/mol. The van der Waals surface area contributed by atoms with Gasteiger partial charge in [-0.25, -0.2) is 0 Å². The number of fused-ring (bicyclic) bond motifs is 2. The van der Waals surface area contributed by atoms with E-state index in [1.807, 2.05) is 49.5 Å². The van der Waals surface area contributed by atoms with Crippen molar-refractivity contribution in [2.75, 3.05) is 0 Å². The second-order valence-electron chi connectivity index (χ2n) is 18.9. The topological polar surface area (TPSA) is 311 Å². The number of rotatable bonds is 4. The fourth-order valence-corrected chi connectivity index (χ4v) is 8.37. The summed E-state index contributed by atoms with van der Waals surface area (Å²) in [6.45, 7) is 10.3. The number of ether oxygens (including phenoxy) is 4. The zero-order chi connectivity index (χ0) is 50.7. The van der Waals surface area contributed by atoms with Gasteiger partial charge in [0.1, 0.15) is 12.2 Å². The first-order valence-electron chi connectivity index (χ1n) is 23.8. The number of aliphatic hydroxyl groups excluding tert-OH is 9. The van der Waals surface area contributed by atoms with E-state index in [9.17, 15) is 60.7 Å². The molecule has 0 radical (unpaired) electrons. The van der Waals surface area contributed by atoms with Crippen LogP contribution in [0.1, 0.15) is 92.9 Å². The van der Waals surface area contributed by atoms with E-state index in [-0.39, 0.29) is 37.6 Å². The third kappa shape index (κ3) is 19.8. The predicted molar refractivity (Wildman–Crippen MR) is 253 cm³/mol. The lowest BCUT2D eigenvalue weighted by molar-refractivity contribution is -0.307. The summed E-state index contributed by atoms with van der Waals surface area (Å²) in [7, 11) is 0. The van der Waals surface area contributed by atoms with Crippen LogP contribution in [0.25, 0.3) is 0 Å². The maximum Gasteiger partial charge on any atom is 0.308 e. The maximum atomic E-state index is 13.6. The van der Waals surface area contributed by atoms with Crippen LogP contribution >= 0.6 is 0 Å². The molecule has 2 saturated heterocycles. The molecule has 18 nitrogen and oxygen atoms in total. The molecule has 0 spiro atoms. The first kappa shape index (κ1) is 58.9. The molecule has 0 aromatic rings. The second kappa shape index (κ2) is 29.0. The number of nitrogens with one attached hydrogen (secondary N) is 1. The fraction of sp³-hybridized carbons (Fsp3) is 0.680. The number of allylic oxidation sites excluding steroid dienone is 12. The Kier molecular flexibility index (Phi) is 25.1. The molecule has 0 aromatic carbocycles. The van der Waals surface area contributed by atoms with E-state index in [1.54, 1.807) is 77.2 Å². The minimum Gasteiger partial charge on any atom is -0.462 e. The van der Waals surface area contributed by atoms with Gasteiger partial charge in [-0.15, -0.1) is 0 Å². The van der Waals surface area contributed by atoms with Crippen LogP contribution in [0, 0.1) is 17.8 Å². The molecule has 0 aliphatic carbocycles. The highest BCUT2D eigenvalue weighted by atomic mass is 16.7. The molecule has 3 aliphatic rings. The van der Waals surface area contributed by atoms with Crippen LogP contribution in [-0.4, -0.2) is 166 Å². The molecule has 13 N–H and O–H groups in total. The number of aliphatic hydroxyl groups is 10. The predicted octanol–water partition coefficient (Wildman–Crippen LogP) is 1.15. The Labute approximate surface area is 400 Å². The van der Waals surface area contributed by atoms with E-state index >= 15 is 0 Å². The summed E-state index contributed by atoms with van der Waals surface area (Å²) in [6, 6.07) is -1.46. The van der Waals surface area contributed by atoms with Crippen molar-refractivity contribution in [1.29, 1.82) is 0 Å². The lowest BCUT2D eigenvalue weighted by Gasteiger charge is -2.46. The molecular formula is C50H80N2O16. The molecule has 0 saturated carbocycles. The minimum absolute atomic E-state index is 0.0900. The monoisotopic (exact) mass is 965 g/mol. The van der Waals surface area contributed by atoms with E-state index in [0.29, 0.717) is 0 Å². The molecule has 19 atom stereocenters. The van der Waals surface area contributed by atoms with E-state index in [2.05, 4.69) is 5.32 Å². The lowest BCUT2D eigenvalue weighted by atomic mass is 9.82. The van der Waals surface area contributed by atoms with Crippen molar-refractivity contribution in [3.63, 3.8) is 0 Å². The summed E-state index contributed by atoms with van der Waals surface area (Å²) in [6.07, 6.45) is 4.97. The van der Waals surface area contributed by atoms with E-state index in [4.69, 9.17) is 24.7 Å². The minimum atomic E-state index is -2.25. The Bertz CT molecular complexity index is 1740. The van der Waals surface area contributed by atoms with Gasteiger partial charge in [0.05, 0.1) is 85.5 Å². The molecule has 68 heavy (non-hydrogen) atoms. The number of cyclic esters (lactones) is 1. The van der Waals surface area contributed by atoms with Gasteiger partial charge >= 0.3 is 5.97 Å². The SMILES string of the molecule is CC(C)NC(=O)[C@H]1[C@@H]2C[C@@H](O[C@@H]3O[C@H](C)[C@@H](O)[C@H](N)[C@@H]3O)/C=C/C=C/C=C/C=C/C=C/C=C/C=C/[C@H](C)[C@@H](O)[C@@H](C)[C@H](C)OC(=O)C[C@H](O)C[C@H](O)CC[C@@H](O)[C@H](O)C[C@H](O)C[C@](O)(C[C@@H]1O)O2. The van der Waals surface area contributed by atoms with E-state index in [1.165, 1.54) is 0 Å². The van der Waals surface area contributed by atoms with Crippen molar-refractivity contribution in [2.45, 2.75) is 196 Å². The van der Waals surface area contributed by atoms with Crippen molar-refractivity contribution < 1.29 is 79.6 Å². The van der Waals surface area contributed by atoms with Gasteiger partial charge < -0.3 is 81.1 Å². The van der Waals surface area contributed by atoms with Crippen LogP contribution in [-0.2, 0) is 28.5 Å². The lowest BCUT2D eigenvalue weighted by Crippen LogP contribution is -2.62. The van der Waals surface area contributed by atoms with Gasteiger partial charge in [-0.05, 0) is 47.0 Å². The normalized spacial score (nSPS) is 44.1. The van der Waals surface area contributed by atoms with Crippen LogP contribution in [0.4, 0.5) is 0 Å². The smallest absolute Gasteiger partial charge is 0.308 e. The van der Waals surface area contributed by atoms with Crippen molar-refractivity contribution in [3.05, 3.63) is 85.1 Å². The first-order valence-corrected chi connectivity index (χ1v) is 23.8. The third-order valence-corrected chi connectivity index (χ3v) is 12.5. The molecule has 0 aromatic heterocycles. The number of carbonyl (C=O) groups is 2. The number of esters is 1. The van der Waals surface area contributed by atoms with Crippen LogP contribution in [0.2, 0.25) is 0 Å². The van der Waals surface area contributed by atoms with Crippen molar-refractivity contribution in [1.82, 2.24) is 5.32 Å². The summed E-state index contributed by atoms with van der Waals surface area (Å²) in [5.74, 6) is -5.53. The van der Waals surface area contributed by atoms with E-state index in [0.717, 1.165) is 0 Å². The average Bonchev–Trinajstić information content (AvgIpc) is 3.24. The molecule has 1 amide bonds. The molecule has 18 heteroatoms. The van der Waals surface area contributed by atoms with Crippen molar-refractivity contribution in [2.24, 2.45) is 23.5 Å². The highest BCUT2D eigenvalue weighted by Gasteiger charge is 2.51. The third-order valence-electron chi connectivity index (χ3n) is 12.5. The summed E-state index contributed by atoms with van der Waals surface area (Å²) < 4.78 is 23.7. The molecule has 3 rings (SSSR count). The Hall–Kier alpha value is -3.44. The quantitative estimate of drug-likeness (QED) is 0.176. The van der Waals surface area contributed by atoms with Gasteiger partial charge in [0.15, 0.2) is 12.1 Å². The molecule has 2 bridgehead atoms. The van der Waals surface area contributed by atoms with Crippen molar-refractivity contribution >= 4 is 11.9 Å². The summed E-state index contributed by atoms with van der Waals surface area (Å²) in [5.41, 5.74) is 6.09. The first-order chi connectivity index (χ1) is 32.0. The number of amides is 1. The van der Waals surface area contributed by atoms with Gasteiger partial charge in [-0.2, -0.15) is 0 Å². The Morgan fingerprint density at radius 3 is 1.85 bits per heavy atom. The molecule has 2 fully saturated rings. The van der Waals surface area contributed by atoms with Gasteiger partial charge in [0.2, 0.25) is 5.91 Å². The standard InChI is InChI=1S/C50H80N2O16/c1-29(2)52-48(63)43-40(58)28-50(64)27-36(55)24-39(57)38(56)22-21-34(53)23-35(54)25-42(59)65-32(5)31(4)45(60)30(3)19-17-15-13-11-9-7-8-10-12-14-16-18-20-37(26-41(43)68-50)67-49-47(62)44(51)46(61)33(6)66-49/h7-20,29-41,43-47,49,53-58,60-62,64H,21-28,51H2,1-6H3,(H,52,63)/b8-7+,11-9+,12-10+,15-13+,16-14+,19-17+,20-18+/t30-,31-,32-,33+,34+,35+,36-,37-,38+,39+,40-,41-,43+,44-,45+,46+,47-,49-,50+/m0/s1. The zero-order valence-corrected chi connectivity index (χ0v) is 40.2. The number of hydrogen-bond donors (Lipinski definition) is 12. The van der Waals surface area contributed by atoms with Crippen LogP contribution < -0.4 is 11.1 Å². The summed E-state index contributed by atoms with van der Waals surface area (Å²) >= 11 is 0. The van der Waals surface area contributed by atoms with Gasteiger partial charge in [-0.3, -0.25) is 9.59 Å². The molecule has 0 unspecified atom stereocenters. The van der Waals surface area contributed by atoms with Gasteiger partial charge in [-0.1, -0.05) is 98.9 Å². The maximum absolute atomic E-state index is 13.6. The van der Waals surface area contributed by atoms with Crippen LogP contribution in [0.3, 0.4) is 0 Å². The van der Waals surface area contributed by atoms with Crippen LogP contribution in [0.5, 0.6) is 0 Å². The summed E-state index contributed by atoms with van der Waals surface area (Å²) in [4.78, 5) is 26.3. The number of nitrogens with two attached hydrogens (primary N) is 1. The van der Waals surface area contributed by atoms with Crippen LogP contribution in [0.15, 0.2) is 85.1 Å². The average molecular weight is 965 g/mol. The van der Waals surface area contributed by atoms with E-state index < -0.39 is 147 Å². The second-order valence-corrected chi connectivity index (χ2v) is 18.9. The highest BCUT2D eigenvalue weighted by Crippen LogP contribution is 2.38. The zero-order valence-electron chi connectivity index (χ0n) is 40.2. The Balaban J connectivity index is 1.91. The summed E-state index contributed by atoms with van der Waals surface area (Å²) in [5, 5.41) is 112. The number of hydrogen-bond acceptors (Lipinski definition) is 17. The molecule has 3 heterocycles. The Morgan fingerprint density at radius 2 is 1.26 bits per heavy atom. The molecule has 3 aliphatic heterocycles. The van der Waals surface area contributed by atoms with Crippen molar-refractivity contribution in [3.8, 4) is 0 Å².